The molecule has 1 fully saturated rings. The molecule has 2 rings (SSSR count). The van der Waals surface area contributed by atoms with Crippen molar-refractivity contribution in [2.24, 2.45) is 5.92 Å². The minimum atomic E-state index is -0.447. The molecule has 4 nitrogen and oxygen atoms in total. The quantitative estimate of drug-likeness (QED) is 0.869. The fourth-order valence-electron chi connectivity index (χ4n) is 3.44. The fourth-order valence-corrected chi connectivity index (χ4v) is 3.44. The maximum Gasteiger partial charge on any atom is 0.263 e. The lowest BCUT2D eigenvalue weighted by atomic mass is 9.97. The van der Waals surface area contributed by atoms with Crippen LogP contribution in [0.2, 0.25) is 0 Å². The third-order valence-electron chi connectivity index (χ3n) is 4.77. The Morgan fingerprint density at radius 3 is 2.79 bits per heavy atom. The third kappa shape index (κ3) is 4.73. The zero-order valence-corrected chi connectivity index (χ0v) is 15.8. The van der Waals surface area contributed by atoms with E-state index >= 15 is 0 Å². The molecule has 2 atom stereocenters. The maximum atomic E-state index is 12.8. The molecule has 134 valence electrons. The summed E-state index contributed by atoms with van der Waals surface area (Å²) in [7, 11) is 1.97. The standard InChI is InChI=1S/C20H32N2O2/c1-14(2)18-9-8-15(3)11-19(18)24-16(4)20(23)22-10-6-7-17(13-22)12-21-5/h8-9,11,14,16-17,21H,6-7,10,12-13H2,1-5H3/t16-,17+/m1/s1. The molecule has 0 saturated carbocycles. The summed E-state index contributed by atoms with van der Waals surface area (Å²) in [4.78, 5) is 14.8. The molecule has 1 aromatic carbocycles. The number of aryl methyl sites for hydroxylation is 1. The van der Waals surface area contributed by atoms with Crippen LogP contribution in [0.4, 0.5) is 0 Å². The van der Waals surface area contributed by atoms with Crippen molar-refractivity contribution in [3.8, 4) is 5.75 Å². The maximum absolute atomic E-state index is 12.8. The molecule has 1 N–H and O–H groups in total. The first-order valence-electron chi connectivity index (χ1n) is 9.13. The third-order valence-corrected chi connectivity index (χ3v) is 4.77. The summed E-state index contributed by atoms with van der Waals surface area (Å²) < 4.78 is 6.09. The zero-order chi connectivity index (χ0) is 17.7. The summed E-state index contributed by atoms with van der Waals surface area (Å²) >= 11 is 0. The number of hydrogen-bond donors (Lipinski definition) is 1. The van der Waals surface area contributed by atoms with Gasteiger partial charge in [-0.15, -0.1) is 0 Å². The van der Waals surface area contributed by atoms with Crippen LogP contribution in [0.15, 0.2) is 18.2 Å². The lowest BCUT2D eigenvalue weighted by Gasteiger charge is -2.34. The Morgan fingerprint density at radius 2 is 2.12 bits per heavy atom. The van der Waals surface area contributed by atoms with Gasteiger partial charge in [-0.25, -0.2) is 0 Å². The largest absolute Gasteiger partial charge is 0.481 e. The first kappa shape index (κ1) is 18.8. The Morgan fingerprint density at radius 1 is 1.38 bits per heavy atom. The summed E-state index contributed by atoms with van der Waals surface area (Å²) in [5.41, 5.74) is 2.31. The predicted molar refractivity (Wildman–Crippen MR) is 98.6 cm³/mol. The van der Waals surface area contributed by atoms with Crippen molar-refractivity contribution in [1.29, 1.82) is 0 Å². The van der Waals surface area contributed by atoms with Gasteiger partial charge in [-0.3, -0.25) is 4.79 Å². The Hall–Kier alpha value is -1.55. The summed E-state index contributed by atoms with van der Waals surface area (Å²) in [6.45, 7) is 10.9. The molecule has 24 heavy (non-hydrogen) atoms. The van der Waals surface area contributed by atoms with E-state index in [1.807, 2.05) is 24.9 Å². The molecule has 0 radical (unpaired) electrons. The second-order valence-corrected chi connectivity index (χ2v) is 7.31. The van der Waals surface area contributed by atoms with Crippen LogP contribution in [0.1, 0.15) is 50.7 Å². The van der Waals surface area contributed by atoms with Crippen molar-refractivity contribution in [3.05, 3.63) is 29.3 Å². The van der Waals surface area contributed by atoms with E-state index in [-0.39, 0.29) is 5.91 Å². The molecule has 1 aliphatic heterocycles. The summed E-state index contributed by atoms with van der Waals surface area (Å²) in [6, 6.07) is 6.25. The molecule has 0 aliphatic carbocycles. The smallest absolute Gasteiger partial charge is 0.263 e. The highest BCUT2D eigenvalue weighted by Crippen LogP contribution is 2.29. The predicted octanol–water partition coefficient (Wildman–Crippen LogP) is 3.34. The van der Waals surface area contributed by atoms with Crippen LogP contribution in [0.25, 0.3) is 0 Å². The Balaban J connectivity index is 2.05. The van der Waals surface area contributed by atoms with Crippen LogP contribution in [-0.2, 0) is 4.79 Å². The number of nitrogens with zero attached hydrogens (tertiary/aromatic N) is 1. The highest BCUT2D eigenvalue weighted by molar-refractivity contribution is 5.81. The van der Waals surface area contributed by atoms with E-state index in [9.17, 15) is 4.79 Å². The molecule has 0 aromatic heterocycles. The van der Waals surface area contributed by atoms with Gasteiger partial charge < -0.3 is 15.0 Å². The summed E-state index contributed by atoms with van der Waals surface area (Å²) in [5, 5.41) is 3.22. The topological polar surface area (TPSA) is 41.6 Å². The summed E-state index contributed by atoms with van der Waals surface area (Å²) in [6.07, 6.45) is 1.82. The van der Waals surface area contributed by atoms with Crippen molar-refractivity contribution < 1.29 is 9.53 Å². The monoisotopic (exact) mass is 332 g/mol. The van der Waals surface area contributed by atoms with Gasteiger partial charge in [0.25, 0.3) is 5.91 Å². The molecule has 1 aliphatic rings. The zero-order valence-electron chi connectivity index (χ0n) is 15.8. The lowest BCUT2D eigenvalue weighted by Crippen LogP contribution is -2.47. The lowest BCUT2D eigenvalue weighted by molar-refractivity contribution is -0.139. The van der Waals surface area contributed by atoms with Crippen LogP contribution in [0.3, 0.4) is 0 Å². The highest BCUT2D eigenvalue weighted by atomic mass is 16.5. The molecule has 0 spiro atoms. The number of carbonyl (C=O) groups excluding carboxylic acids is 1. The van der Waals surface area contributed by atoms with Crippen molar-refractivity contribution >= 4 is 5.91 Å². The normalized spacial score (nSPS) is 19.4. The second kappa shape index (κ2) is 8.52. The number of likely N-dealkylation sites (tertiary alicyclic amines) is 1. The van der Waals surface area contributed by atoms with Gasteiger partial charge in [-0.1, -0.05) is 26.0 Å². The fraction of sp³-hybridized carbons (Fsp3) is 0.650. The van der Waals surface area contributed by atoms with E-state index in [1.165, 1.54) is 6.42 Å². The van der Waals surface area contributed by atoms with Crippen LogP contribution in [0, 0.1) is 12.8 Å². The first-order valence-corrected chi connectivity index (χ1v) is 9.13. The molecule has 1 aromatic rings. The SMILES string of the molecule is CNC[C@@H]1CCCN(C(=O)[C@@H](C)Oc2cc(C)ccc2C(C)C)C1. The first-order chi connectivity index (χ1) is 11.4. The van der Waals surface area contributed by atoms with E-state index in [4.69, 9.17) is 4.74 Å². The van der Waals surface area contributed by atoms with Crippen LogP contribution in [-0.4, -0.2) is 43.6 Å². The van der Waals surface area contributed by atoms with Gasteiger partial charge >= 0.3 is 0 Å². The molecule has 1 saturated heterocycles. The number of carbonyl (C=O) groups is 1. The van der Waals surface area contributed by atoms with Crippen molar-refractivity contribution in [3.63, 3.8) is 0 Å². The van der Waals surface area contributed by atoms with Gasteiger partial charge in [-0.2, -0.15) is 0 Å². The average molecular weight is 332 g/mol. The minimum absolute atomic E-state index is 0.104. The molecular formula is C20H32N2O2. The number of amides is 1. The number of nitrogens with one attached hydrogen (secondary N) is 1. The molecule has 4 heteroatoms. The summed E-state index contributed by atoms with van der Waals surface area (Å²) in [5.74, 6) is 1.87. The molecule has 0 bridgehead atoms. The van der Waals surface area contributed by atoms with Gasteiger partial charge in [-0.05, 0) is 69.3 Å². The van der Waals surface area contributed by atoms with Crippen LogP contribution >= 0.6 is 0 Å². The highest BCUT2D eigenvalue weighted by Gasteiger charge is 2.28. The number of ether oxygens (including phenoxy) is 1. The van der Waals surface area contributed by atoms with Crippen molar-refractivity contribution in [1.82, 2.24) is 10.2 Å². The van der Waals surface area contributed by atoms with E-state index in [0.29, 0.717) is 11.8 Å². The van der Waals surface area contributed by atoms with Gasteiger partial charge in [0, 0.05) is 13.1 Å². The Bertz CT molecular complexity index is 555. The van der Waals surface area contributed by atoms with Crippen molar-refractivity contribution in [2.75, 3.05) is 26.7 Å². The van der Waals surface area contributed by atoms with Crippen LogP contribution in [0.5, 0.6) is 5.75 Å². The van der Waals surface area contributed by atoms with E-state index in [0.717, 1.165) is 42.9 Å². The Labute approximate surface area is 146 Å². The molecular weight excluding hydrogens is 300 g/mol. The minimum Gasteiger partial charge on any atom is -0.481 e. The Kier molecular flexibility index (Phi) is 6.67. The van der Waals surface area contributed by atoms with Crippen LogP contribution < -0.4 is 10.1 Å². The van der Waals surface area contributed by atoms with Gasteiger partial charge in [0.15, 0.2) is 6.10 Å². The molecule has 1 amide bonds. The number of rotatable bonds is 6. The molecule has 1 heterocycles. The second-order valence-electron chi connectivity index (χ2n) is 7.31. The molecule has 0 unspecified atom stereocenters. The van der Waals surface area contributed by atoms with Crippen molar-refractivity contribution in [2.45, 2.75) is 52.6 Å². The average Bonchev–Trinajstić information content (AvgIpc) is 2.54. The number of hydrogen-bond acceptors (Lipinski definition) is 3. The van der Waals surface area contributed by atoms with E-state index in [2.05, 4.69) is 38.2 Å². The van der Waals surface area contributed by atoms with Gasteiger partial charge in [0.1, 0.15) is 5.75 Å². The van der Waals surface area contributed by atoms with Gasteiger partial charge in [0.05, 0.1) is 0 Å². The number of benzene rings is 1. The van der Waals surface area contributed by atoms with E-state index in [1.54, 1.807) is 0 Å². The number of piperidine rings is 1. The van der Waals surface area contributed by atoms with Gasteiger partial charge in [0.2, 0.25) is 0 Å². The van der Waals surface area contributed by atoms with E-state index < -0.39 is 6.10 Å².